The maximum atomic E-state index is 12.7. The highest BCUT2D eigenvalue weighted by molar-refractivity contribution is 5.85. The zero-order valence-corrected chi connectivity index (χ0v) is 6.19. The van der Waals surface area contributed by atoms with Crippen molar-refractivity contribution in [1.29, 1.82) is 0 Å². The number of benzene rings is 1. The van der Waals surface area contributed by atoms with Gasteiger partial charge in [0.05, 0.1) is 11.8 Å². The maximum Gasteiger partial charge on any atom is 0.124 e. The van der Waals surface area contributed by atoms with Crippen LogP contribution in [0.4, 0.5) is 4.39 Å². The molecule has 0 saturated heterocycles. The molecule has 2 heteroatoms. The highest BCUT2D eigenvalue weighted by atomic mass is 19.1. The SMILES string of the molecule is C#Cc1[c][nH]c2ccc(F)cc12. The minimum absolute atomic E-state index is 0.285. The van der Waals surface area contributed by atoms with E-state index in [4.69, 9.17) is 6.42 Å². The Labute approximate surface area is 69.2 Å². The molecule has 1 heterocycles. The van der Waals surface area contributed by atoms with E-state index in [1.54, 1.807) is 6.07 Å². The fourth-order valence-corrected chi connectivity index (χ4v) is 1.14. The number of hydrogen-bond donors (Lipinski definition) is 1. The molecule has 0 amide bonds. The van der Waals surface area contributed by atoms with Gasteiger partial charge in [0.25, 0.3) is 0 Å². The molecular weight excluding hydrogens is 153 g/mol. The molecule has 57 valence electrons. The van der Waals surface area contributed by atoms with Crippen molar-refractivity contribution < 1.29 is 4.39 Å². The molecule has 0 atom stereocenters. The van der Waals surface area contributed by atoms with Gasteiger partial charge in [0.1, 0.15) is 5.82 Å². The summed E-state index contributed by atoms with van der Waals surface area (Å²) in [5, 5.41) is 0.706. The Balaban J connectivity index is 2.86. The van der Waals surface area contributed by atoms with Crippen molar-refractivity contribution in [3.05, 3.63) is 35.8 Å². The first-order valence-electron chi connectivity index (χ1n) is 3.47. The van der Waals surface area contributed by atoms with E-state index >= 15 is 0 Å². The van der Waals surface area contributed by atoms with Gasteiger partial charge in [0.15, 0.2) is 0 Å². The smallest absolute Gasteiger partial charge is 0.124 e. The van der Waals surface area contributed by atoms with Crippen LogP contribution >= 0.6 is 0 Å². The highest BCUT2D eigenvalue weighted by Crippen LogP contribution is 2.17. The molecule has 1 radical (unpaired) electrons. The number of terminal acetylenes is 1. The van der Waals surface area contributed by atoms with E-state index < -0.39 is 0 Å². The Hall–Kier alpha value is -1.75. The number of aromatic amines is 1. The van der Waals surface area contributed by atoms with Crippen LogP contribution in [-0.2, 0) is 0 Å². The fourth-order valence-electron chi connectivity index (χ4n) is 1.14. The number of halogens is 1. The standard InChI is InChI=1S/C10H5FN/c1-2-7-6-12-10-4-3-8(11)5-9(7)10/h1,3-5,12H. The molecule has 2 aromatic rings. The summed E-state index contributed by atoms with van der Waals surface area (Å²) in [6.45, 7) is 0. The minimum atomic E-state index is -0.285. The number of rotatable bonds is 0. The molecule has 1 aromatic carbocycles. The molecule has 2 rings (SSSR count). The van der Waals surface area contributed by atoms with Gasteiger partial charge in [0, 0.05) is 10.9 Å². The molecule has 0 bridgehead atoms. The first-order valence-corrected chi connectivity index (χ1v) is 3.47. The minimum Gasteiger partial charge on any atom is -0.352 e. The molecule has 0 saturated carbocycles. The summed E-state index contributed by atoms with van der Waals surface area (Å²) in [6, 6.07) is 4.42. The predicted octanol–water partition coefficient (Wildman–Crippen LogP) is 2.09. The summed E-state index contributed by atoms with van der Waals surface area (Å²) >= 11 is 0. The molecule has 0 aliphatic carbocycles. The van der Waals surface area contributed by atoms with Gasteiger partial charge in [-0.3, -0.25) is 0 Å². The monoisotopic (exact) mass is 158 g/mol. The van der Waals surface area contributed by atoms with Gasteiger partial charge in [-0.25, -0.2) is 4.39 Å². The molecule has 1 nitrogen and oxygen atoms in total. The lowest BCUT2D eigenvalue weighted by atomic mass is 10.2. The van der Waals surface area contributed by atoms with E-state index in [0.29, 0.717) is 10.9 Å². The molecule has 1 aromatic heterocycles. The normalized spacial score (nSPS) is 10.0. The summed E-state index contributed by atoms with van der Waals surface area (Å²) in [5.41, 5.74) is 1.38. The Bertz CT molecular complexity index is 462. The lowest BCUT2D eigenvalue weighted by Crippen LogP contribution is -1.73. The first-order chi connectivity index (χ1) is 5.81. The summed E-state index contributed by atoms with van der Waals surface area (Å²) in [7, 11) is 0. The Morgan fingerprint density at radius 1 is 1.50 bits per heavy atom. The van der Waals surface area contributed by atoms with Crippen LogP contribution in [0.5, 0.6) is 0 Å². The van der Waals surface area contributed by atoms with Crippen molar-refractivity contribution in [2.75, 3.05) is 0 Å². The van der Waals surface area contributed by atoms with Gasteiger partial charge in [-0.15, -0.1) is 6.42 Å². The topological polar surface area (TPSA) is 15.8 Å². The average molecular weight is 158 g/mol. The van der Waals surface area contributed by atoms with Crippen molar-refractivity contribution in [2.24, 2.45) is 0 Å². The van der Waals surface area contributed by atoms with Crippen LogP contribution in [0.15, 0.2) is 18.2 Å². The zero-order valence-electron chi connectivity index (χ0n) is 6.19. The molecule has 0 fully saturated rings. The number of nitrogens with one attached hydrogen (secondary N) is 1. The molecule has 0 unspecified atom stereocenters. The van der Waals surface area contributed by atoms with E-state index in [1.807, 2.05) is 0 Å². The van der Waals surface area contributed by atoms with E-state index in [2.05, 4.69) is 17.1 Å². The van der Waals surface area contributed by atoms with Crippen molar-refractivity contribution in [2.45, 2.75) is 0 Å². The summed E-state index contributed by atoms with van der Waals surface area (Å²) in [4.78, 5) is 2.83. The van der Waals surface area contributed by atoms with Crippen LogP contribution in [0.25, 0.3) is 10.9 Å². The zero-order chi connectivity index (χ0) is 8.55. The number of aromatic nitrogens is 1. The summed E-state index contributed by atoms with van der Waals surface area (Å²) in [5.74, 6) is 2.14. The third kappa shape index (κ3) is 0.876. The van der Waals surface area contributed by atoms with Crippen LogP contribution in [-0.4, -0.2) is 4.98 Å². The lowest BCUT2D eigenvalue weighted by molar-refractivity contribution is 0.629. The number of H-pyrrole nitrogens is 1. The molecule has 1 N–H and O–H groups in total. The second-order valence-corrected chi connectivity index (χ2v) is 2.46. The van der Waals surface area contributed by atoms with E-state index in [0.717, 1.165) is 5.52 Å². The lowest BCUT2D eigenvalue weighted by Gasteiger charge is -1.89. The van der Waals surface area contributed by atoms with Gasteiger partial charge >= 0.3 is 0 Å². The Morgan fingerprint density at radius 3 is 3.08 bits per heavy atom. The van der Waals surface area contributed by atoms with Crippen LogP contribution in [0.1, 0.15) is 5.56 Å². The molecule has 0 aliphatic heterocycles. The van der Waals surface area contributed by atoms with Crippen LogP contribution in [0, 0.1) is 24.4 Å². The van der Waals surface area contributed by atoms with Crippen molar-refractivity contribution in [1.82, 2.24) is 4.98 Å². The van der Waals surface area contributed by atoms with Gasteiger partial charge < -0.3 is 4.98 Å². The predicted molar refractivity (Wildman–Crippen MR) is 45.0 cm³/mol. The number of fused-ring (bicyclic) bond motifs is 1. The van der Waals surface area contributed by atoms with E-state index in [1.165, 1.54) is 12.1 Å². The quantitative estimate of drug-likeness (QED) is 0.565. The van der Waals surface area contributed by atoms with Crippen LogP contribution in [0.2, 0.25) is 0 Å². The van der Waals surface area contributed by atoms with E-state index in [-0.39, 0.29) is 5.82 Å². The molecular formula is C10H5FN. The van der Waals surface area contributed by atoms with Crippen molar-refractivity contribution >= 4 is 10.9 Å². The third-order valence-corrected chi connectivity index (χ3v) is 1.72. The second-order valence-electron chi connectivity index (χ2n) is 2.46. The Morgan fingerprint density at radius 2 is 2.33 bits per heavy atom. The summed E-state index contributed by atoms with van der Waals surface area (Å²) < 4.78 is 12.7. The van der Waals surface area contributed by atoms with Crippen LogP contribution < -0.4 is 0 Å². The molecule has 0 aliphatic rings. The molecule has 0 spiro atoms. The van der Waals surface area contributed by atoms with Gasteiger partial charge in [0.2, 0.25) is 0 Å². The van der Waals surface area contributed by atoms with Crippen LogP contribution in [0.3, 0.4) is 0 Å². The van der Waals surface area contributed by atoms with Gasteiger partial charge in [-0.2, -0.15) is 0 Å². The summed E-state index contributed by atoms with van der Waals surface area (Å²) in [6.07, 6.45) is 7.95. The second kappa shape index (κ2) is 2.38. The van der Waals surface area contributed by atoms with Gasteiger partial charge in [-0.1, -0.05) is 5.92 Å². The number of hydrogen-bond acceptors (Lipinski definition) is 0. The highest BCUT2D eigenvalue weighted by Gasteiger charge is 2.01. The van der Waals surface area contributed by atoms with Crippen molar-refractivity contribution in [3.8, 4) is 12.3 Å². The fraction of sp³-hybridized carbons (Fsp3) is 0. The maximum absolute atomic E-state index is 12.7. The Kier molecular flexibility index (Phi) is 1.38. The molecule has 12 heavy (non-hydrogen) atoms. The van der Waals surface area contributed by atoms with E-state index in [9.17, 15) is 4.39 Å². The van der Waals surface area contributed by atoms with Gasteiger partial charge in [-0.05, 0) is 18.2 Å². The average Bonchev–Trinajstić information content (AvgIpc) is 2.46. The largest absolute Gasteiger partial charge is 0.352 e. The third-order valence-electron chi connectivity index (χ3n) is 1.72. The first kappa shape index (κ1) is 6.93. The van der Waals surface area contributed by atoms with Crippen molar-refractivity contribution in [3.63, 3.8) is 0 Å².